The van der Waals surface area contributed by atoms with Gasteiger partial charge in [0, 0.05) is 5.69 Å². The third kappa shape index (κ3) is 5.55. The molecule has 1 aromatic carbocycles. The second kappa shape index (κ2) is 7.45. The first-order valence-electron chi connectivity index (χ1n) is 7.03. The number of nitrogens with two attached hydrogens (primary N) is 1. The number of benzene rings is 1. The highest BCUT2D eigenvalue weighted by atomic mass is 19.4. The van der Waals surface area contributed by atoms with Crippen molar-refractivity contribution >= 4 is 17.5 Å². The van der Waals surface area contributed by atoms with E-state index in [1.165, 1.54) is 6.07 Å². The quantitative estimate of drug-likeness (QED) is 0.772. The summed E-state index contributed by atoms with van der Waals surface area (Å²) in [5.74, 6) is -1.21. The molecule has 0 bridgehead atoms. The van der Waals surface area contributed by atoms with E-state index in [1.54, 1.807) is 20.8 Å². The molecule has 0 aliphatic heterocycles. The Morgan fingerprint density at radius 1 is 1.26 bits per heavy atom. The molecule has 0 unspecified atom stereocenters. The molecule has 0 aliphatic carbocycles. The van der Waals surface area contributed by atoms with E-state index in [2.05, 4.69) is 10.6 Å². The number of hydrogen-bond acceptors (Lipinski definition) is 3. The van der Waals surface area contributed by atoms with Gasteiger partial charge in [0.05, 0.1) is 18.2 Å². The lowest BCUT2D eigenvalue weighted by molar-refractivity contribution is -0.137. The Bertz CT molecular complexity index is 586. The summed E-state index contributed by atoms with van der Waals surface area (Å²) in [6.07, 6.45) is -4.49. The molecule has 0 spiro atoms. The van der Waals surface area contributed by atoms with Crippen LogP contribution in [-0.2, 0) is 15.8 Å². The molecule has 1 rings (SSSR count). The van der Waals surface area contributed by atoms with Crippen molar-refractivity contribution in [3.8, 4) is 0 Å². The van der Waals surface area contributed by atoms with Crippen LogP contribution in [0.3, 0.4) is 0 Å². The van der Waals surface area contributed by atoms with Crippen molar-refractivity contribution in [2.24, 2.45) is 11.7 Å². The summed E-state index contributed by atoms with van der Waals surface area (Å²) in [6, 6.07) is 2.31. The maximum absolute atomic E-state index is 12.7. The number of amides is 2. The molecule has 2 amide bonds. The Labute approximate surface area is 132 Å². The Hall–Kier alpha value is -2.09. The first-order chi connectivity index (χ1) is 10.5. The molecule has 0 radical (unpaired) electrons. The Morgan fingerprint density at radius 3 is 2.39 bits per heavy atom. The number of hydrogen-bond donors (Lipinski definition) is 3. The monoisotopic (exact) mass is 331 g/mol. The molecule has 0 saturated heterocycles. The van der Waals surface area contributed by atoms with Crippen LogP contribution in [0.15, 0.2) is 18.2 Å². The van der Waals surface area contributed by atoms with Gasteiger partial charge in [-0.3, -0.25) is 9.59 Å². The van der Waals surface area contributed by atoms with Crippen molar-refractivity contribution in [2.45, 2.75) is 33.0 Å². The molecular weight excluding hydrogens is 311 g/mol. The van der Waals surface area contributed by atoms with Gasteiger partial charge < -0.3 is 16.4 Å². The molecule has 0 aliphatic rings. The third-order valence-electron chi connectivity index (χ3n) is 3.28. The van der Waals surface area contributed by atoms with Crippen molar-refractivity contribution < 1.29 is 22.8 Å². The first kappa shape index (κ1) is 19.0. The summed E-state index contributed by atoms with van der Waals surface area (Å²) in [7, 11) is 0. The zero-order valence-corrected chi connectivity index (χ0v) is 13.1. The summed E-state index contributed by atoms with van der Waals surface area (Å²) < 4.78 is 38.0. The zero-order valence-electron chi connectivity index (χ0n) is 13.1. The average Bonchev–Trinajstić information content (AvgIpc) is 2.44. The van der Waals surface area contributed by atoms with Gasteiger partial charge in [0.2, 0.25) is 11.8 Å². The molecule has 4 N–H and O–H groups in total. The van der Waals surface area contributed by atoms with Gasteiger partial charge in [-0.05, 0) is 30.5 Å². The molecule has 1 aromatic rings. The maximum atomic E-state index is 12.7. The fourth-order valence-corrected chi connectivity index (χ4v) is 1.72. The van der Waals surface area contributed by atoms with Crippen LogP contribution in [0, 0.1) is 12.8 Å². The number of anilines is 1. The van der Waals surface area contributed by atoms with Crippen LogP contribution in [0.5, 0.6) is 0 Å². The van der Waals surface area contributed by atoms with Crippen LogP contribution >= 0.6 is 0 Å². The summed E-state index contributed by atoms with van der Waals surface area (Å²) in [4.78, 5) is 23.4. The molecule has 1 atom stereocenters. The maximum Gasteiger partial charge on any atom is 0.416 e. The molecule has 5 nitrogen and oxygen atoms in total. The number of nitrogens with one attached hydrogen (secondary N) is 2. The summed E-state index contributed by atoms with van der Waals surface area (Å²) in [5.41, 5.74) is 5.30. The van der Waals surface area contributed by atoms with Crippen molar-refractivity contribution in [3.63, 3.8) is 0 Å². The van der Waals surface area contributed by atoms with Gasteiger partial charge in [-0.15, -0.1) is 0 Å². The van der Waals surface area contributed by atoms with E-state index in [0.717, 1.165) is 12.1 Å². The fourth-order valence-electron chi connectivity index (χ4n) is 1.72. The lowest BCUT2D eigenvalue weighted by Crippen LogP contribution is -2.46. The van der Waals surface area contributed by atoms with Crippen LogP contribution < -0.4 is 16.4 Å². The molecular formula is C15H20F3N3O2. The molecule has 0 heterocycles. The van der Waals surface area contributed by atoms with Crippen molar-refractivity contribution in [1.29, 1.82) is 0 Å². The number of alkyl halides is 3. The average molecular weight is 331 g/mol. The summed E-state index contributed by atoms with van der Waals surface area (Å²) in [5, 5.41) is 4.70. The standard InChI is InChI=1S/C15H20F3N3O2/c1-8(2)13(19)14(23)20-7-12(22)21-11-6-10(15(16,17)18)5-4-9(11)3/h4-6,8,13H,7,19H2,1-3H3,(H,20,23)(H,21,22)/t13-/m0/s1. The largest absolute Gasteiger partial charge is 0.416 e. The number of aryl methyl sites for hydroxylation is 1. The van der Waals surface area contributed by atoms with E-state index in [9.17, 15) is 22.8 Å². The minimum absolute atomic E-state index is 0.0484. The molecule has 8 heteroatoms. The van der Waals surface area contributed by atoms with Gasteiger partial charge in [0.25, 0.3) is 0 Å². The smallest absolute Gasteiger partial charge is 0.346 e. The van der Waals surface area contributed by atoms with E-state index < -0.39 is 29.6 Å². The van der Waals surface area contributed by atoms with Gasteiger partial charge in [-0.1, -0.05) is 19.9 Å². The van der Waals surface area contributed by atoms with Crippen LogP contribution in [0.4, 0.5) is 18.9 Å². The van der Waals surface area contributed by atoms with Gasteiger partial charge in [-0.2, -0.15) is 13.2 Å². The SMILES string of the molecule is Cc1ccc(C(F)(F)F)cc1NC(=O)CNC(=O)[C@@H](N)C(C)C. The summed E-state index contributed by atoms with van der Waals surface area (Å²) >= 11 is 0. The number of carbonyl (C=O) groups is 2. The highest BCUT2D eigenvalue weighted by Gasteiger charge is 2.31. The van der Waals surface area contributed by atoms with Crippen LogP contribution in [0.1, 0.15) is 25.0 Å². The molecule has 0 fully saturated rings. The van der Waals surface area contributed by atoms with Gasteiger partial charge >= 0.3 is 6.18 Å². The van der Waals surface area contributed by atoms with Crippen molar-refractivity contribution in [3.05, 3.63) is 29.3 Å². The Balaban J connectivity index is 2.69. The van der Waals surface area contributed by atoms with Crippen LogP contribution in [-0.4, -0.2) is 24.4 Å². The third-order valence-corrected chi connectivity index (χ3v) is 3.28. The van der Waals surface area contributed by atoms with Crippen LogP contribution in [0.2, 0.25) is 0 Å². The minimum atomic E-state index is -4.49. The lowest BCUT2D eigenvalue weighted by Gasteiger charge is -2.16. The predicted octanol–water partition coefficient (Wildman–Crippen LogP) is 2.05. The van der Waals surface area contributed by atoms with Crippen molar-refractivity contribution in [1.82, 2.24) is 5.32 Å². The van der Waals surface area contributed by atoms with E-state index in [1.807, 2.05) is 0 Å². The topological polar surface area (TPSA) is 84.2 Å². The number of rotatable bonds is 5. The Morgan fingerprint density at radius 2 is 1.87 bits per heavy atom. The summed E-state index contributed by atoms with van der Waals surface area (Å²) in [6.45, 7) is 4.73. The second-order valence-corrected chi connectivity index (χ2v) is 5.56. The Kier molecular flexibility index (Phi) is 6.14. The molecule has 0 saturated carbocycles. The number of halogens is 3. The fraction of sp³-hybridized carbons (Fsp3) is 0.467. The minimum Gasteiger partial charge on any atom is -0.346 e. The predicted molar refractivity (Wildman–Crippen MR) is 80.6 cm³/mol. The second-order valence-electron chi connectivity index (χ2n) is 5.56. The van der Waals surface area contributed by atoms with E-state index in [4.69, 9.17) is 5.73 Å². The molecule has 23 heavy (non-hydrogen) atoms. The highest BCUT2D eigenvalue weighted by molar-refractivity contribution is 5.95. The van der Waals surface area contributed by atoms with Gasteiger partial charge in [-0.25, -0.2) is 0 Å². The lowest BCUT2D eigenvalue weighted by atomic mass is 10.1. The highest BCUT2D eigenvalue weighted by Crippen LogP contribution is 2.31. The van der Waals surface area contributed by atoms with Crippen LogP contribution in [0.25, 0.3) is 0 Å². The number of carbonyl (C=O) groups excluding carboxylic acids is 2. The van der Waals surface area contributed by atoms with Gasteiger partial charge in [0.15, 0.2) is 0 Å². The zero-order chi connectivity index (χ0) is 17.8. The van der Waals surface area contributed by atoms with Gasteiger partial charge in [0.1, 0.15) is 0 Å². The van der Waals surface area contributed by atoms with Crippen molar-refractivity contribution in [2.75, 3.05) is 11.9 Å². The molecule has 128 valence electrons. The normalized spacial score (nSPS) is 12.9. The first-order valence-corrected chi connectivity index (χ1v) is 7.03. The molecule has 0 aromatic heterocycles. The van der Waals surface area contributed by atoms with E-state index >= 15 is 0 Å². The van der Waals surface area contributed by atoms with E-state index in [-0.39, 0.29) is 18.2 Å². The van der Waals surface area contributed by atoms with E-state index in [0.29, 0.717) is 5.56 Å².